The second-order valence-corrected chi connectivity index (χ2v) is 7.06. The van der Waals surface area contributed by atoms with Gasteiger partial charge in [0, 0.05) is 13.1 Å². The van der Waals surface area contributed by atoms with Crippen LogP contribution in [-0.2, 0) is 26.7 Å². The van der Waals surface area contributed by atoms with E-state index in [9.17, 15) is 26.4 Å². The van der Waals surface area contributed by atoms with Crippen LogP contribution in [0.15, 0.2) is 24.3 Å². The van der Waals surface area contributed by atoms with Crippen LogP contribution in [-0.4, -0.2) is 36.9 Å². The number of aliphatic carboxylic acids is 1. The molecule has 2 rings (SSSR count). The standard InChI is InChI=1S/C13H14F3NO4S/c14-13(15,16)11-4-2-1-3-10(11)8-22(20,21)17-6-5-9(7-17)12(18)19/h1-4,9H,5-8H2,(H,18,19). The highest BCUT2D eigenvalue weighted by molar-refractivity contribution is 7.88. The number of sulfonamides is 1. The molecule has 1 aliphatic rings. The molecule has 22 heavy (non-hydrogen) atoms. The number of alkyl halides is 3. The lowest BCUT2D eigenvalue weighted by Crippen LogP contribution is -2.31. The van der Waals surface area contributed by atoms with E-state index in [1.807, 2.05) is 0 Å². The fraction of sp³-hybridized carbons (Fsp3) is 0.462. The summed E-state index contributed by atoms with van der Waals surface area (Å²) in [5, 5.41) is 8.87. The van der Waals surface area contributed by atoms with Crippen molar-refractivity contribution in [2.75, 3.05) is 13.1 Å². The maximum atomic E-state index is 12.9. The fourth-order valence-corrected chi connectivity index (χ4v) is 4.01. The summed E-state index contributed by atoms with van der Waals surface area (Å²) < 4.78 is 64.0. The van der Waals surface area contributed by atoms with Gasteiger partial charge < -0.3 is 5.11 Å². The van der Waals surface area contributed by atoms with Crippen molar-refractivity contribution in [2.24, 2.45) is 5.92 Å². The molecule has 0 bridgehead atoms. The van der Waals surface area contributed by atoms with Gasteiger partial charge in [-0.25, -0.2) is 12.7 Å². The van der Waals surface area contributed by atoms with Gasteiger partial charge in [0.2, 0.25) is 10.0 Å². The van der Waals surface area contributed by atoms with Crippen molar-refractivity contribution >= 4 is 16.0 Å². The molecule has 1 heterocycles. The minimum Gasteiger partial charge on any atom is -0.481 e. The minimum atomic E-state index is -4.64. The van der Waals surface area contributed by atoms with E-state index in [1.165, 1.54) is 12.1 Å². The molecule has 1 unspecified atom stereocenters. The zero-order valence-corrected chi connectivity index (χ0v) is 12.2. The van der Waals surface area contributed by atoms with E-state index in [-0.39, 0.29) is 25.1 Å². The predicted octanol–water partition coefficient (Wildman–Crippen LogP) is 1.94. The molecule has 5 nitrogen and oxygen atoms in total. The molecule has 1 N–H and O–H groups in total. The van der Waals surface area contributed by atoms with Gasteiger partial charge in [0.25, 0.3) is 0 Å². The van der Waals surface area contributed by atoms with Crippen molar-refractivity contribution < 1.29 is 31.5 Å². The monoisotopic (exact) mass is 337 g/mol. The van der Waals surface area contributed by atoms with Gasteiger partial charge in [0.1, 0.15) is 0 Å². The van der Waals surface area contributed by atoms with Crippen LogP contribution in [0.4, 0.5) is 13.2 Å². The molecule has 0 aromatic heterocycles. The van der Waals surface area contributed by atoms with E-state index in [1.54, 1.807) is 0 Å². The van der Waals surface area contributed by atoms with Crippen molar-refractivity contribution in [3.8, 4) is 0 Å². The molecule has 0 aliphatic carbocycles. The molecule has 122 valence electrons. The smallest absolute Gasteiger partial charge is 0.416 e. The Bertz CT molecular complexity index is 672. The number of benzene rings is 1. The number of halogens is 3. The van der Waals surface area contributed by atoms with Gasteiger partial charge in [-0.2, -0.15) is 13.2 Å². The van der Waals surface area contributed by atoms with Crippen molar-refractivity contribution in [3.05, 3.63) is 35.4 Å². The Balaban J connectivity index is 2.22. The molecule has 1 aliphatic heterocycles. The average Bonchev–Trinajstić information content (AvgIpc) is 2.88. The molecule has 9 heteroatoms. The Labute approximate surface area is 125 Å². The zero-order valence-electron chi connectivity index (χ0n) is 11.4. The minimum absolute atomic E-state index is 0.00743. The Kier molecular flexibility index (Phi) is 4.48. The first-order valence-electron chi connectivity index (χ1n) is 6.47. The Morgan fingerprint density at radius 1 is 1.32 bits per heavy atom. The van der Waals surface area contributed by atoms with Crippen LogP contribution >= 0.6 is 0 Å². The normalized spacial score (nSPS) is 20.2. The fourth-order valence-electron chi connectivity index (χ4n) is 2.39. The maximum Gasteiger partial charge on any atom is 0.416 e. The summed E-state index contributed by atoms with van der Waals surface area (Å²) in [4.78, 5) is 10.8. The predicted molar refractivity (Wildman–Crippen MR) is 71.4 cm³/mol. The molecular weight excluding hydrogens is 323 g/mol. The van der Waals surface area contributed by atoms with Crippen LogP contribution in [0, 0.1) is 5.92 Å². The zero-order chi connectivity index (χ0) is 16.5. The SMILES string of the molecule is O=C(O)C1CCN(S(=O)(=O)Cc2ccccc2C(F)(F)F)C1. The number of rotatable bonds is 4. The van der Waals surface area contributed by atoms with Crippen molar-refractivity contribution in [2.45, 2.75) is 18.3 Å². The summed E-state index contributed by atoms with van der Waals surface area (Å²) in [5.74, 6) is -2.71. The van der Waals surface area contributed by atoms with Gasteiger partial charge in [-0.05, 0) is 18.1 Å². The van der Waals surface area contributed by atoms with Crippen LogP contribution in [0.25, 0.3) is 0 Å². The van der Waals surface area contributed by atoms with Crippen LogP contribution in [0.1, 0.15) is 17.5 Å². The third-order valence-corrected chi connectivity index (χ3v) is 5.35. The molecule has 1 aromatic rings. The summed E-state index contributed by atoms with van der Waals surface area (Å²) in [6.45, 7) is -0.195. The largest absolute Gasteiger partial charge is 0.481 e. The lowest BCUT2D eigenvalue weighted by Gasteiger charge is -2.18. The Morgan fingerprint density at radius 3 is 2.50 bits per heavy atom. The number of hydrogen-bond acceptors (Lipinski definition) is 3. The summed E-state index contributed by atoms with van der Waals surface area (Å²) in [7, 11) is -3.99. The van der Waals surface area contributed by atoms with Crippen molar-refractivity contribution in [1.82, 2.24) is 4.31 Å². The highest BCUT2D eigenvalue weighted by atomic mass is 32.2. The maximum absolute atomic E-state index is 12.9. The topological polar surface area (TPSA) is 74.7 Å². The van der Waals surface area contributed by atoms with Crippen LogP contribution in [0.5, 0.6) is 0 Å². The Morgan fingerprint density at radius 2 is 1.95 bits per heavy atom. The van der Waals surface area contributed by atoms with E-state index >= 15 is 0 Å². The summed E-state index contributed by atoms with van der Waals surface area (Å²) in [6, 6.07) is 4.47. The van der Waals surface area contributed by atoms with Gasteiger partial charge in [0.15, 0.2) is 0 Å². The van der Waals surface area contributed by atoms with E-state index in [2.05, 4.69) is 0 Å². The quantitative estimate of drug-likeness (QED) is 0.911. The van der Waals surface area contributed by atoms with Gasteiger partial charge in [0.05, 0.1) is 17.2 Å². The first-order valence-corrected chi connectivity index (χ1v) is 8.08. The number of nitrogens with zero attached hydrogens (tertiary/aromatic N) is 1. The molecule has 1 aromatic carbocycles. The van der Waals surface area contributed by atoms with Gasteiger partial charge in [-0.3, -0.25) is 4.79 Å². The summed E-state index contributed by atoms with van der Waals surface area (Å²) in [5.41, 5.74) is -1.33. The highest BCUT2D eigenvalue weighted by Crippen LogP contribution is 2.33. The summed E-state index contributed by atoms with van der Waals surface area (Å²) >= 11 is 0. The molecule has 1 fully saturated rings. The molecule has 0 amide bonds. The van der Waals surface area contributed by atoms with Crippen LogP contribution < -0.4 is 0 Å². The number of carboxylic acid groups (broad SMARTS) is 1. The highest BCUT2D eigenvalue weighted by Gasteiger charge is 2.38. The molecule has 1 atom stereocenters. The first-order chi connectivity index (χ1) is 10.1. The lowest BCUT2D eigenvalue weighted by atomic mass is 10.1. The third-order valence-electron chi connectivity index (χ3n) is 3.55. The van der Waals surface area contributed by atoms with E-state index < -0.39 is 39.4 Å². The second-order valence-electron chi connectivity index (χ2n) is 5.09. The average molecular weight is 337 g/mol. The van der Waals surface area contributed by atoms with E-state index in [0.29, 0.717) is 0 Å². The first kappa shape index (κ1) is 16.8. The van der Waals surface area contributed by atoms with Gasteiger partial charge in [-0.15, -0.1) is 0 Å². The molecule has 1 saturated heterocycles. The third kappa shape index (κ3) is 3.58. The molecule has 0 spiro atoms. The Hall–Kier alpha value is -1.61. The van der Waals surface area contributed by atoms with Crippen molar-refractivity contribution in [1.29, 1.82) is 0 Å². The molecule has 0 saturated carbocycles. The summed E-state index contributed by atoms with van der Waals surface area (Å²) in [6.07, 6.45) is -4.48. The van der Waals surface area contributed by atoms with E-state index in [4.69, 9.17) is 5.11 Å². The van der Waals surface area contributed by atoms with E-state index in [0.717, 1.165) is 16.4 Å². The second kappa shape index (κ2) is 5.88. The van der Waals surface area contributed by atoms with Gasteiger partial charge in [-0.1, -0.05) is 18.2 Å². The molecular formula is C13H14F3NO4S. The lowest BCUT2D eigenvalue weighted by molar-refractivity contribution is -0.141. The van der Waals surface area contributed by atoms with Crippen LogP contribution in [0.3, 0.4) is 0 Å². The number of carboxylic acids is 1. The van der Waals surface area contributed by atoms with Crippen molar-refractivity contribution in [3.63, 3.8) is 0 Å². The van der Waals surface area contributed by atoms with Crippen LogP contribution in [0.2, 0.25) is 0 Å². The number of hydrogen-bond donors (Lipinski definition) is 1. The van der Waals surface area contributed by atoms with Gasteiger partial charge >= 0.3 is 12.1 Å². The molecule has 0 radical (unpaired) electrons. The number of carbonyl (C=O) groups is 1.